The van der Waals surface area contributed by atoms with Crippen molar-refractivity contribution in [2.75, 3.05) is 81.4 Å². The average molecular weight is 988 g/mol. The van der Waals surface area contributed by atoms with Crippen molar-refractivity contribution in [1.82, 2.24) is 35.7 Å². The fourth-order valence-corrected chi connectivity index (χ4v) is 9.57. The highest BCUT2D eigenvalue weighted by Crippen LogP contribution is 2.29. The van der Waals surface area contributed by atoms with Crippen LogP contribution in [0.4, 0.5) is 0 Å². The fourth-order valence-electron chi connectivity index (χ4n) is 9.57. The zero-order valence-corrected chi connectivity index (χ0v) is 44.0. The SMILES string of the molecule is CC[C@@H](C)[C@@H]([C@@H](CCN1CCC[C@H]1[C@H](OC)[C@@H](C)C(=O)N[C@@H](Cc1ccccc1)C(=O)NCCOCCOCCC(=O)ON1C(=O)CCC1=O)OC)N(C)C(=O)C(NC(=O)C(C(C)C)N(C)C)C(C)C. The van der Waals surface area contributed by atoms with Gasteiger partial charge in [0, 0.05) is 59.7 Å². The number of carbonyl (C=O) groups excluding carboxylic acids is 7. The second-order valence-corrected chi connectivity index (χ2v) is 19.6. The van der Waals surface area contributed by atoms with Crippen molar-refractivity contribution >= 4 is 41.4 Å². The molecule has 19 heteroatoms. The van der Waals surface area contributed by atoms with Crippen LogP contribution in [0.2, 0.25) is 0 Å². The number of nitrogens with one attached hydrogen (secondary N) is 3. The molecular weight excluding hydrogens is 903 g/mol. The van der Waals surface area contributed by atoms with Crippen LogP contribution in [0, 0.1) is 23.7 Å². The number of nitrogens with zero attached hydrogens (tertiary/aromatic N) is 4. The molecule has 19 nitrogen and oxygen atoms in total. The van der Waals surface area contributed by atoms with Crippen LogP contribution in [0.3, 0.4) is 0 Å². The molecule has 0 saturated carbocycles. The molecule has 2 heterocycles. The Labute approximate surface area is 416 Å². The van der Waals surface area contributed by atoms with E-state index in [0.717, 1.165) is 31.4 Å². The van der Waals surface area contributed by atoms with Crippen molar-refractivity contribution < 1.29 is 57.3 Å². The van der Waals surface area contributed by atoms with Crippen molar-refractivity contribution in [2.45, 2.75) is 142 Å². The highest BCUT2D eigenvalue weighted by molar-refractivity contribution is 6.01. The molecule has 70 heavy (non-hydrogen) atoms. The summed E-state index contributed by atoms with van der Waals surface area (Å²) >= 11 is 0. The molecule has 0 spiro atoms. The first-order chi connectivity index (χ1) is 33.3. The van der Waals surface area contributed by atoms with E-state index in [0.29, 0.717) is 18.0 Å². The van der Waals surface area contributed by atoms with Gasteiger partial charge in [-0.05, 0) is 63.2 Å². The number of imide groups is 1. The number of ether oxygens (including phenoxy) is 4. The van der Waals surface area contributed by atoms with Crippen molar-refractivity contribution in [3.05, 3.63) is 35.9 Å². The van der Waals surface area contributed by atoms with Gasteiger partial charge in [-0.15, -0.1) is 5.06 Å². The number of likely N-dealkylation sites (N-methyl/N-ethyl adjacent to an activating group) is 2. The molecule has 2 fully saturated rings. The largest absolute Gasteiger partial charge is 0.379 e. The number of hydrogen-bond donors (Lipinski definition) is 3. The third-order valence-electron chi connectivity index (χ3n) is 13.5. The molecular formula is C51H85N7O12. The summed E-state index contributed by atoms with van der Waals surface area (Å²) in [6.45, 7) is 16.1. The average Bonchev–Trinajstić information content (AvgIpc) is 3.92. The number of methoxy groups -OCH3 is 2. The predicted molar refractivity (Wildman–Crippen MR) is 264 cm³/mol. The van der Waals surface area contributed by atoms with Crippen LogP contribution < -0.4 is 16.0 Å². The molecule has 1 aromatic carbocycles. The lowest BCUT2D eigenvalue weighted by Crippen LogP contribution is -2.59. The minimum absolute atomic E-state index is 0.00517. The predicted octanol–water partition coefficient (Wildman–Crippen LogP) is 2.98. The fraction of sp³-hybridized carbons (Fsp3) is 0.745. The van der Waals surface area contributed by atoms with E-state index in [-0.39, 0.29) is 124 Å². The summed E-state index contributed by atoms with van der Waals surface area (Å²) in [5.41, 5.74) is 0.876. The molecule has 2 aliphatic rings. The zero-order valence-electron chi connectivity index (χ0n) is 44.0. The van der Waals surface area contributed by atoms with Crippen LogP contribution in [0.5, 0.6) is 0 Å². The van der Waals surface area contributed by atoms with E-state index < -0.39 is 41.9 Å². The molecule has 2 aliphatic heterocycles. The lowest BCUT2D eigenvalue weighted by molar-refractivity contribution is -0.198. The number of likely N-dealkylation sites (tertiary alicyclic amines) is 1. The van der Waals surface area contributed by atoms with E-state index in [4.69, 9.17) is 23.8 Å². The van der Waals surface area contributed by atoms with Gasteiger partial charge in [0.1, 0.15) is 12.1 Å². The van der Waals surface area contributed by atoms with Crippen LogP contribution in [-0.4, -0.2) is 185 Å². The summed E-state index contributed by atoms with van der Waals surface area (Å²) in [4.78, 5) is 102. The van der Waals surface area contributed by atoms with Crippen LogP contribution in [0.1, 0.15) is 99.0 Å². The van der Waals surface area contributed by atoms with Crippen LogP contribution >= 0.6 is 0 Å². The minimum atomic E-state index is -0.878. The van der Waals surface area contributed by atoms with Gasteiger partial charge in [-0.25, -0.2) is 4.79 Å². The van der Waals surface area contributed by atoms with Gasteiger partial charge >= 0.3 is 5.97 Å². The van der Waals surface area contributed by atoms with Crippen LogP contribution in [0.25, 0.3) is 0 Å². The van der Waals surface area contributed by atoms with Gasteiger partial charge in [0.05, 0.1) is 63.1 Å². The molecule has 0 radical (unpaired) electrons. The van der Waals surface area contributed by atoms with Gasteiger partial charge < -0.3 is 44.6 Å². The monoisotopic (exact) mass is 988 g/mol. The molecule has 6 amide bonds. The van der Waals surface area contributed by atoms with Crippen LogP contribution in [-0.2, 0) is 63.8 Å². The molecule has 0 aliphatic carbocycles. The van der Waals surface area contributed by atoms with Crippen molar-refractivity contribution in [3.8, 4) is 0 Å². The molecule has 3 N–H and O–H groups in total. The second-order valence-electron chi connectivity index (χ2n) is 19.6. The highest BCUT2D eigenvalue weighted by atomic mass is 16.7. The quantitative estimate of drug-likeness (QED) is 0.0700. The number of rotatable bonds is 32. The smallest absolute Gasteiger partial charge is 0.335 e. The van der Waals surface area contributed by atoms with E-state index in [2.05, 4.69) is 34.7 Å². The van der Waals surface area contributed by atoms with Gasteiger partial charge in [0.15, 0.2) is 0 Å². The second kappa shape index (κ2) is 30.4. The zero-order chi connectivity index (χ0) is 52.1. The lowest BCUT2D eigenvalue weighted by Gasteiger charge is -2.41. The molecule has 9 atom stereocenters. The van der Waals surface area contributed by atoms with Gasteiger partial charge in [0.25, 0.3) is 11.8 Å². The Morgan fingerprint density at radius 2 is 1.44 bits per heavy atom. The van der Waals surface area contributed by atoms with Gasteiger partial charge in [-0.3, -0.25) is 38.6 Å². The normalized spacial score (nSPS) is 18.8. The number of carbonyl (C=O) groups is 7. The number of benzene rings is 1. The van der Waals surface area contributed by atoms with Gasteiger partial charge in [-0.2, -0.15) is 0 Å². The summed E-state index contributed by atoms with van der Waals surface area (Å²) in [7, 11) is 8.85. The summed E-state index contributed by atoms with van der Waals surface area (Å²) in [5.74, 6) is -3.47. The number of amides is 6. The summed E-state index contributed by atoms with van der Waals surface area (Å²) in [5, 5.41) is 9.48. The molecule has 0 aromatic heterocycles. The Kier molecular flexibility index (Phi) is 25.9. The molecule has 2 saturated heterocycles. The third kappa shape index (κ3) is 17.9. The van der Waals surface area contributed by atoms with E-state index >= 15 is 0 Å². The van der Waals surface area contributed by atoms with E-state index in [1.54, 1.807) is 19.1 Å². The van der Waals surface area contributed by atoms with Crippen molar-refractivity contribution in [3.63, 3.8) is 0 Å². The Balaban J connectivity index is 1.60. The lowest BCUT2D eigenvalue weighted by atomic mass is 9.89. The maximum atomic E-state index is 14.4. The van der Waals surface area contributed by atoms with E-state index in [9.17, 15) is 33.6 Å². The standard InChI is InChI=1S/C51H85N7O12/c1-13-35(6)46(56(10)51(65)44(33(2)3)54-50(64)45(34(4)5)55(8)9)40(66-11)23-27-57-26-17-20-39(57)47(67-12)36(7)48(62)53-38(32-37-18-15-14-16-19-37)49(63)52-25-29-69-31-30-68-28-24-43(61)70-58-41(59)21-22-42(58)60/h14-16,18-19,33-36,38-40,44-47H,13,17,20-32H2,1-12H3,(H,52,63)(H,53,62)(H,54,64)/t35-,36-,38+,39+,40-,44?,45?,46+,47-/m1/s1. The third-order valence-corrected chi connectivity index (χ3v) is 13.5. The summed E-state index contributed by atoms with van der Waals surface area (Å²) in [6.07, 6.45) is 2.51. The first kappa shape index (κ1) is 59.8. The molecule has 1 aromatic rings. The first-order valence-electron chi connectivity index (χ1n) is 25.1. The molecule has 2 unspecified atom stereocenters. The van der Waals surface area contributed by atoms with E-state index in [1.807, 2.05) is 91.0 Å². The van der Waals surface area contributed by atoms with Crippen molar-refractivity contribution in [2.24, 2.45) is 23.7 Å². The molecule has 0 bridgehead atoms. The first-order valence-corrected chi connectivity index (χ1v) is 25.1. The van der Waals surface area contributed by atoms with Gasteiger partial charge in [-0.1, -0.05) is 85.2 Å². The topological polar surface area (TPSA) is 215 Å². The maximum absolute atomic E-state index is 14.4. The van der Waals surface area contributed by atoms with E-state index in [1.165, 1.54) is 0 Å². The molecule has 396 valence electrons. The minimum Gasteiger partial charge on any atom is -0.379 e. The Hall–Kier alpha value is -4.53. The Morgan fingerprint density at radius 1 is 0.800 bits per heavy atom. The Bertz CT molecular complexity index is 1800. The Morgan fingerprint density at radius 3 is 2.01 bits per heavy atom. The number of hydroxylamine groups is 2. The molecule has 3 rings (SSSR count). The summed E-state index contributed by atoms with van der Waals surface area (Å²) in [6, 6.07) is 7.12. The highest BCUT2D eigenvalue weighted by Gasteiger charge is 2.41. The summed E-state index contributed by atoms with van der Waals surface area (Å²) < 4.78 is 23.3. The van der Waals surface area contributed by atoms with Crippen molar-refractivity contribution in [1.29, 1.82) is 0 Å². The van der Waals surface area contributed by atoms with Crippen LogP contribution in [0.15, 0.2) is 30.3 Å². The number of hydrogen-bond acceptors (Lipinski definition) is 14. The van der Waals surface area contributed by atoms with Gasteiger partial charge in [0.2, 0.25) is 23.6 Å². The maximum Gasteiger partial charge on any atom is 0.335 e.